The van der Waals surface area contributed by atoms with Crippen LogP contribution in [0.25, 0.3) is 0 Å². The highest BCUT2D eigenvalue weighted by atomic mass is 16.2. The number of anilines is 1. The van der Waals surface area contributed by atoms with Gasteiger partial charge in [-0.15, -0.1) is 0 Å². The minimum Gasteiger partial charge on any atom is -0.339 e. The zero-order valence-corrected chi connectivity index (χ0v) is 21.1. The first kappa shape index (κ1) is 22.9. The molecule has 4 amide bonds. The summed E-state index contributed by atoms with van der Waals surface area (Å²) >= 11 is 0. The molecule has 1 aromatic carbocycles. The molecular weight excluding hydrogens is 440 g/mol. The highest BCUT2D eigenvalue weighted by molar-refractivity contribution is 5.96. The van der Waals surface area contributed by atoms with Gasteiger partial charge in [0.2, 0.25) is 5.91 Å². The third-order valence-corrected chi connectivity index (χ3v) is 9.20. The Morgan fingerprint density at radius 1 is 0.829 bits per heavy atom. The number of carbonyl (C=O) groups excluding carboxylic acids is 3. The Bertz CT molecular complexity index is 1020. The van der Waals surface area contributed by atoms with Crippen molar-refractivity contribution >= 4 is 23.5 Å². The van der Waals surface area contributed by atoms with E-state index in [1.54, 1.807) is 12.1 Å². The molecule has 0 aromatic heterocycles. The first-order valence-corrected chi connectivity index (χ1v) is 13.4. The molecule has 1 saturated heterocycles. The van der Waals surface area contributed by atoms with Crippen LogP contribution in [-0.4, -0.2) is 59.4 Å². The SMILES string of the molecule is C[C@]12C[C@@H]3C[C@](C)(C1)C[C@@](NC(=O)Nc1ccc(C(=O)N4CCN(C(=O)C5CC5)CC4)cc1)(C3)C2. The minimum atomic E-state index is -0.144. The lowest BCUT2D eigenvalue weighted by atomic mass is 9.43. The second-order valence-corrected chi connectivity index (χ2v) is 13.0. The topological polar surface area (TPSA) is 81.8 Å². The number of piperazine rings is 1. The van der Waals surface area contributed by atoms with Gasteiger partial charge in [0.1, 0.15) is 0 Å². The molecule has 1 heterocycles. The lowest BCUT2D eigenvalue weighted by Gasteiger charge is -2.65. The Labute approximate surface area is 208 Å². The maximum Gasteiger partial charge on any atom is 0.319 e. The van der Waals surface area contributed by atoms with Crippen molar-refractivity contribution in [1.82, 2.24) is 15.1 Å². The van der Waals surface area contributed by atoms with Gasteiger partial charge < -0.3 is 20.4 Å². The molecule has 4 atom stereocenters. The molecular formula is C28H38N4O3. The van der Waals surface area contributed by atoms with Crippen molar-refractivity contribution in [1.29, 1.82) is 0 Å². The largest absolute Gasteiger partial charge is 0.339 e. The summed E-state index contributed by atoms with van der Waals surface area (Å²) < 4.78 is 0. The number of carbonyl (C=O) groups is 3. The van der Waals surface area contributed by atoms with Gasteiger partial charge in [0.05, 0.1) is 0 Å². The molecule has 0 radical (unpaired) electrons. The molecule has 35 heavy (non-hydrogen) atoms. The maximum atomic E-state index is 13.0. The summed E-state index contributed by atoms with van der Waals surface area (Å²) in [5, 5.41) is 6.38. The van der Waals surface area contributed by atoms with E-state index in [9.17, 15) is 14.4 Å². The van der Waals surface area contributed by atoms with E-state index in [-0.39, 0.29) is 29.3 Å². The van der Waals surface area contributed by atoms with Gasteiger partial charge in [-0.3, -0.25) is 9.59 Å². The smallest absolute Gasteiger partial charge is 0.319 e. The Morgan fingerprint density at radius 3 is 2.00 bits per heavy atom. The van der Waals surface area contributed by atoms with Crippen molar-refractivity contribution in [3.63, 3.8) is 0 Å². The van der Waals surface area contributed by atoms with E-state index in [2.05, 4.69) is 24.5 Å². The van der Waals surface area contributed by atoms with Gasteiger partial charge in [0.25, 0.3) is 5.91 Å². The van der Waals surface area contributed by atoms with Gasteiger partial charge >= 0.3 is 6.03 Å². The van der Waals surface area contributed by atoms with Crippen LogP contribution in [-0.2, 0) is 4.79 Å². The molecule has 4 bridgehead atoms. The van der Waals surface area contributed by atoms with Crippen LogP contribution in [0.1, 0.15) is 75.6 Å². The van der Waals surface area contributed by atoms with E-state index in [1.807, 2.05) is 21.9 Å². The van der Waals surface area contributed by atoms with E-state index in [0.717, 1.165) is 38.0 Å². The van der Waals surface area contributed by atoms with E-state index < -0.39 is 0 Å². The van der Waals surface area contributed by atoms with Gasteiger partial charge in [-0.2, -0.15) is 0 Å². The number of nitrogens with zero attached hydrogens (tertiary/aromatic N) is 2. The summed E-state index contributed by atoms with van der Waals surface area (Å²) in [7, 11) is 0. The van der Waals surface area contributed by atoms with E-state index in [4.69, 9.17) is 0 Å². The normalized spacial score (nSPS) is 35.7. The van der Waals surface area contributed by atoms with Crippen LogP contribution in [0.2, 0.25) is 0 Å². The molecule has 1 aliphatic heterocycles. The summed E-state index contributed by atoms with van der Waals surface area (Å²) in [4.78, 5) is 41.9. The number of amides is 4. The zero-order chi connectivity index (χ0) is 24.4. The molecule has 7 heteroatoms. The Hall–Kier alpha value is -2.57. The fourth-order valence-electron chi connectivity index (χ4n) is 8.59. The van der Waals surface area contributed by atoms with Crippen molar-refractivity contribution in [2.45, 2.75) is 70.8 Å². The van der Waals surface area contributed by atoms with Crippen LogP contribution in [0.5, 0.6) is 0 Å². The number of hydrogen-bond acceptors (Lipinski definition) is 3. The average molecular weight is 479 g/mol. The quantitative estimate of drug-likeness (QED) is 0.679. The Morgan fingerprint density at radius 2 is 1.43 bits per heavy atom. The summed E-state index contributed by atoms with van der Waals surface area (Å²) in [6.07, 6.45) is 9.15. The second kappa shape index (κ2) is 7.97. The standard InChI is InChI=1S/C28H38N4O3/c1-26-13-19-14-27(2,16-26)18-28(15-19,17-26)30-25(35)29-22-7-5-21(6-8-22)24(34)32-11-9-31(10-12-32)23(33)20-3-4-20/h5-8,19-20H,3-4,9-18H2,1-2H3,(H2,29,30,35)/t19-,26+,27-,28-. The van der Waals surface area contributed by atoms with Crippen molar-refractivity contribution < 1.29 is 14.4 Å². The van der Waals surface area contributed by atoms with Gasteiger partial charge in [-0.05, 0) is 92.4 Å². The Balaban J connectivity index is 1.04. The predicted molar refractivity (Wildman–Crippen MR) is 134 cm³/mol. The molecule has 1 aromatic rings. The lowest BCUT2D eigenvalue weighted by Crippen LogP contribution is -2.65. The van der Waals surface area contributed by atoms with E-state index in [1.165, 1.54) is 19.3 Å². The molecule has 0 unspecified atom stereocenters. The third kappa shape index (κ3) is 4.43. The highest BCUT2D eigenvalue weighted by Crippen LogP contribution is 2.66. The molecule has 5 saturated carbocycles. The van der Waals surface area contributed by atoms with Crippen LogP contribution in [0.15, 0.2) is 24.3 Å². The summed E-state index contributed by atoms with van der Waals surface area (Å²) in [6.45, 7) is 7.18. The van der Waals surface area contributed by atoms with Crippen LogP contribution >= 0.6 is 0 Å². The summed E-state index contributed by atoms with van der Waals surface area (Å²) in [5.74, 6) is 1.18. The summed E-state index contributed by atoms with van der Waals surface area (Å²) in [6, 6.07) is 7.04. The molecule has 0 spiro atoms. The average Bonchev–Trinajstić information content (AvgIpc) is 3.61. The maximum absolute atomic E-state index is 13.0. The number of hydrogen-bond donors (Lipinski definition) is 2. The van der Waals surface area contributed by atoms with E-state index >= 15 is 0 Å². The van der Waals surface area contributed by atoms with Crippen LogP contribution < -0.4 is 10.6 Å². The molecule has 6 aliphatic rings. The molecule has 7 nitrogen and oxygen atoms in total. The molecule has 188 valence electrons. The van der Waals surface area contributed by atoms with Gasteiger partial charge in [-0.1, -0.05) is 13.8 Å². The number of rotatable bonds is 4. The Kier molecular flexibility index (Phi) is 5.21. The molecule has 2 N–H and O–H groups in total. The highest BCUT2D eigenvalue weighted by Gasteiger charge is 2.60. The first-order valence-electron chi connectivity index (χ1n) is 13.4. The first-order chi connectivity index (χ1) is 16.6. The van der Waals surface area contributed by atoms with Crippen LogP contribution in [0, 0.1) is 22.7 Å². The number of nitrogens with one attached hydrogen (secondary N) is 2. The molecule has 7 rings (SSSR count). The van der Waals surface area contributed by atoms with E-state index in [0.29, 0.717) is 48.3 Å². The van der Waals surface area contributed by atoms with Crippen molar-refractivity contribution in [3.8, 4) is 0 Å². The predicted octanol–water partition coefficient (Wildman–Crippen LogP) is 4.25. The van der Waals surface area contributed by atoms with Gasteiger partial charge in [0, 0.05) is 48.9 Å². The fraction of sp³-hybridized carbons (Fsp3) is 0.679. The van der Waals surface area contributed by atoms with Crippen molar-refractivity contribution in [3.05, 3.63) is 29.8 Å². The number of urea groups is 1. The lowest BCUT2D eigenvalue weighted by molar-refractivity contribution is -0.134. The third-order valence-electron chi connectivity index (χ3n) is 9.20. The monoisotopic (exact) mass is 478 g/mol. The zero-order valence-electron chi connectivity index (χ0n) is 21.1. The summed E-state index contributed by atoms with van der Waals surface area (Å²) in [5.41, 5.74) is 1.91. The van der Waals surface area contributed by atoms with Gasteiger partial charge in [-0.25, -0.2) is 4.79 Å². The minimum absolute atomic E-state index is 0.0189. The molecule has 5 aliphatic carbocycles. The molecule has 6 fully saturated rings. The van der Waals surface area contributed by atoms with Crippen molar-refractivity contribution in [2.75, 3.05) is 31.5 Å². The van der Waals surface area contributed by atoms with Gasteiger partial charge in [0.15, 0.2) is 0 Å². The number of benzene rings is 1. The fourth-order valence-corrected chi connectivity index (χ4v) is 8.59. The van der Waals surface area contributed by atoms with Crippen LogP contribution in [0.4, 0.5) is 10.5 Å². The second-order valence-electron chi connectivity index (χ2n) is 13.0. The van der Waals surface area contributed by atoms with Crippen molar-refractivity contribution in [2.24, 2.45) is 22.7 Å². The van der Waals surface area contributed by atoms with Crippen LogP contribution in [0.3, 0.4) is 0 Å².